The van der Waals surface area contributed by atoms with Crippen LogP contribution in [0.2, 0.25) is 0 Å². The van der Waals surface area contributed by atoms with E-state index in [0.717, 1.165) is 18.2 Å². The minimum absolute atomic E-state index is 0.0972. The summed E-state index contributed by atoms with van der Waals surface area (Å²) in [5, 5.41) is -0.384. The van der Waals surface area contributed by atoms with E-state index in [-0.39, 0.29) is 15.7 Å². The molecule has 1 heterocycles. The molecular weight excluding hydrogens is 247 g/mol. The summed E-state index contributed by atoms with van der Waals surface area (Å²) in [6, 6.07) is 6.95. The monoisotopic (exact) mass is 254 g/mol. The fourth-order valence-electron chi connectivity index (χ4n) is 1.29. The van der Waals surface area contributed by atoms with Gasteiger partial charge in [-0.25, -0.2) is 12.8 Å². The molecule has 2 rings (SSSR count). The third-order valence-electron chi connectivity index (χ3n) is 2.09. The van der Waals surface area contributed by atoms with Crippen molar-refractivity contribution in [2.45, 2.75) is 9.99 Å². The highest BCUT2D eigenvalue weighted by Crippen LogP contribution is 2.22. The number of hydrogen-bond donors (Lipinski definition) is 0. The topological polar surface area (TPSA) is 64.3 Å². The Labute approximate surface area is 96.6 Å². The predicted molar refractivity (Wildman–Crippen MR) is 55.9 cm³/mol. The zero-order valence-electron chi connectivity index (χ0n) is 8.46. The summed E-state index contributed by atoms with van der Waals surface area (Å²) < 4.78 is 41.6. The van der Waals surface area contributed by atoms with Gasteiger partial charge in [-0.3, -0.25) is 4.79 Å². The first kappa shape index (κ1) is 11.5. The maximum atomic E-state index is 12.9. The van der Waals surface area contributed by atoms with E-state index >= 15 is 0 Å². The number of hydrogen-bond acceptors (Lipinski definition) is 4. The van der Waals surface area contributed by atoms with E-state index in [1.165, 1.54) is 18.2 Å². The maximum absolute atomic E-state index is 12.9. The summed E-state index contributed by atoms with van der Waals surface area (Å²) in [6.07, 6.45) is 0.393. The Morgan fingerprint density at radius 1 is 1.18 bits per heavy atom. The van der Waals surface area contributed by atoms with E-state index in [2.05, 4.69) is 0 Å². The molecule has 0 radical (unpaired) electrons. The molecule has 0 fully saturated rings. The Hall–Kier alpha value is -1.95. The van der Waals surface area contributed by atoms with Crippen LogP contribution in [-0.2, 0) is 9.84 Å². The first-order chi connectivity index (χ1) is 8.04. The van der Waals surface area contributed by atoms with Crippen LogP contribution < -0.4 is 0 Å². The second kappa shape index (κ2) is 4.14. The molecule has 6 heteroatoms. The maximum Gasteiger partial charge on any atom is 0.239 e. The van der Waals surface area contributed by atoms with Crippen LogP contribution in [0.1, 0.15) is 10.6 Å². The number of carbonyl (C=O) groups excluding carboxylic acids is 1. The molecule has 2 aromatic rings. The van der Waals surface area contributed by atoms with Crippen LogP contribution in [0, 0.1) is 5.82 Å². The molecule has 0 aliphatic heterocycles. The lowest BCUT2D eigenvalue weighted by Gasteiger charge is -2.00. The second-order valence-electron chi connectivity index (χ2n) is 3.24. The van der Waals surface area contributed by atoms with Crippen molar-refractivity contribution < 1.29 is 22.0 Å². The molecule has 0 atom stereocenters. The molecule has 4 nitrogen and oxygen atoms in total. The minimum Gasteiger partial charge on any atom is -0.442 e. The summed E-state index contributed by atoms with van der Waals surface area (Å²) in [5.74, 6) is -0.756. The van der Waals surface area contributed by atoms with Crippen LogP contribution in [0.4, 0.5) is 4.39 Å². The van der Waals surface area contributed by atoms with Gasteiger partial charge in [-0.05, 0) is 30.3 Å². The van der Waals surface area contributed by atoms with Gasteiger partial charge in [0.05, 0.1) is 4.90 Å². The average Bonchev–Trinajstić information content (AvgIpc) is 2.78. The molecule has 1 aromatic heterocycles. The average molecular weight is 254 g/mol. The van der Waals surface area contributed by atoms with Gasteiger partial charge in [0.1, 0.15) is 5.82 Å². The van der Waals surface area contributed by atoms with Crippen LogP contribution in [0.3, 0.4) is 0 Å². The fraction of sp³-hybridized carbons (Fsp3) is 0. The van der Waals surface area contributed by atoms with Crippen molar-refractivity contribution in [3.8, 4) is 0 Å². The Bertz CT molecular complexity index is 658. The highest BCUT2D eigenvalue weighted by Gasteiger charge is 2.22. The van der Waals surface area contributed by atoms with Crippen LogP contribution in [0.5, 0.6) is 0 Å². The SMILES string of the molecule is O=Cc1ccc(S(=O)(=O)c2cccc(F)c2)o1. The molecule has 0 unspecified atom stereocenters. The Balaban J connectivity index is 2.53. The number of carbonyl (C=O) groups is 1. The quantitative estimate of drug-likeness (QED) is 0.786. The third kappa shape index (κ3) is 2.12. The van der Waals surface area contributed by atoms with Crippen molar-refractivity contribution in [2.24, 2.45) is 0 Å². The Morgan fingerprint density at radius 2 is 1.94 bits per heavy atom. The van der Waals surface area contributed by atoms with E-state index < -0.39 is 15.7 Å². The zero-order chi connectivity index (χ0) is 12.5. The molecule has 0 bridgehead atoms. The van der Waals surface area contributed by atoms with Crippen LogP contribution in [0.15, 0.2) is 50.8 Å². The largest absolute Gasteiger partial charge is 0.442 e. The van der Waals surface area contributed by atoms with Crippen LogP contribution in [-0.4, -0.2) is 14.7 Å². The highest BCUT2D eigenvalue weighted by molar-refractivity contribution is 7.91. The molecule has 17 heavy (non-hydrogen) atoms. The lowest BCUT2D eigenvalue weighted by molar-refractivity contribution is 0.109. The van der Waals surface area contributed by atoms with Gasteiger partial charge in [-0.1, -0.05) is 6.07 Å². The van der Waals surface area contributed by atoms with E-state index in [0.29, 0.717) is 6.29 Å². The summed E-state index contributed by atoms with van der Waals surface area (Å²) in [7, 11) is -3.92. The molecule has 0 aliphatic rings. The number of halogens is 1. The number of sulfone groups is 1. The zero-order valence-corrected chi connectivity index (χ0v) is 9.28. The number of benzene rings is 1. The number of furan rings is 1. The third-order valence-corrected chi connectivity index (χ3v) is 3.71. The predicted octanol–water partition coefficient (Wildman–Crippen LogP) is 2.06. The molecule has 0 saturated heterocycles. The first-order valence-electron chi connectivity index (χ1n) is 4.60. The van der Waals surface area contributed by atoms with Crippen molar-refractivity contribution >= 4 is 16.1 Å². The Morgan fingerprint density at radius 3 is 2.53 bits per heavy atom. The van der Waals surface area contributed by atoms with Crippen LogP contribution in [0.25, 0.3) is 0 Å². The van der Waals surface area contributed by atoms with Crippen molar-refractivity contribution in [1.29, 1.82) is 0 Å². The van der Waals surface area contributed by atoms with Gasteiger partial charge in [0.2, 0.25) is 14.9 Å². The summed E-state index contributed by atoms with van der Waals surface area (Å²) in [5.41, 5.74) is 0. The summed E-state index contributed by atoms with van der Waals surface area (Å²) in [6.45, 7) is 0. The van der Waals surface area contributed by atoms with Crippen LogP contribution >= 0.6 is 0 Å². The van der Waals surface area contributed by atoms with Gasteiger partial charge in [0, 0.05) is 0 Å². The standard InChI is InChI=1S/C11H7FO4S/c12-8-2-1-3-10(6-8)17(14,15)11-5-4-9(7-13)16-11/h1-7H. The summed E-state index contributed by atoms with van der Waals surface area (Å²) >= 11 is 0. The lowest BCUT2D eigenvalue weighted by Crippen LogP contribution is -2.00. The lowest BCUT2D eigenvalue weighted by atomic mass is 10.4. The normalized spacial score (nSPS) is 11.4. The number of aldehydes is 1. The summed E-state index contributed by atoms with van der Waals surface area (Å²) in [4.78, 5) is 10.2. The van der Waals surface area contributed by atoms with Gasteiger partial charge in [0.15, 0.2) is 12.0 Å². The molecule has 1 aromatic carbocycles. The van der Waals surface area contributed by atoms with Crippen molar-refractivity contribution in [3.63, 3.8) is 0 Å². The Kier molecular flexibility index (Phi) is 2.81. The van der Waals surface area contributed by atoms with Gasteiger partial charge >= 0.3 is 0 Å². The van der Waals surface area contributed by atoms with Gasteiger partial charge in [0.25, 0.3) is 0 Å². The van der Waals surface area contributed by atoms with E-state index in [4.69, 9.17) is 4.42 Å². The van der Waals surface area contributed by atoms with E-state index in [1.807, 2.05) is 0 Å². The second-order valence-corrected chi connectivity index (χ2v) is 5.12. The van der Waals surface area contributed by atoms with E-state index in [9.17, 15) is 17.6 Å². The fourth-order valence-corrected chi connectivity index (χ4v) is 2.50. The highest BCUT2D eigenvalue weighted by atomic mass is 32.2. The van der Waals surface area contributed by atoms with Gasteiger partial charge in [-0.15, -0.1) is 0 Å². The first-order valence-corrected chi connectivity index (χ1v) is 6.08. The molecule has 0 aliphatic carbocycles. The number of rotatable bonds is 3. The van der Waals surface area contributed by atoms with Crippen molar-refractivity contribution in [3.05, 3.63) is 48.0 Å². The van der Waals surface area contributed by atoms with E-state index in [1.54, 1.807) is 0 Å². The van der Waals surface area contributed by atoms with Crippen molar-refractivity contribution in [2.75, 3.05) is 0 Å². The molecular formula is C11H7FO4S. The van der Waals surface area contributed by atoms with Gasteiger partial charge in [-0.2, -0.15) is 0 Å². The molecule has 0 N–H and O–H groups in total. The smallest absolute Gasteiger partial charge is 0.239 e. The molecule has 0 amide bonds. The minimum atomic E-state index is -3.92. The molecule has 0 saturated carbocycles. The van der Waals surface area contributed by atoms with Gasteiger partial charge < -0.3 is 4.42 Å². The molecule has 88 valence electrons. The van der Waals surface area contributed by atoms with Crippen molar-refractivity contribution in [1.82, 2.24) is 0 Å². The molecule has 0 spiro atoms.